The lowest BCUT2D eigenvalue weighted by molar-refractivity contribution is -0.116. The van der Waals surface area contributed by atoms with Gasteiger partial charge in [0.05, 0.1) is 6.54 Å². The molecule has 0 saturated carbocycles. The summed E-state index contributed by atoms with van der Waals surface area (Å²) in [5, 5.41) is 9.56. The number of hydrogen-bond donors (Lipinski definition) is 3. The van der Waals surface area contributed by atoms with E-state index in [2.05, 4.69) is 64.1 Å². The molecule has 0 radical (unpaired) electrons. The van der Waals surface area contributed by atoms with E-state index in [1.54, 1.807) is 7.05 Å². The number of nitrogens with zero attached hydrogens (tertiary/aromatic N) is 2. The van der Waals surface area contributed by atoms with Crippen LogP contribution in [-0.2, 0) is 17.8 Å². The molecule has 3 rings (SSSR count). The second-order valence-corrected chi connectivity index (χ2v) is 8.18. The number of fused-ring (bicyclic) bond motifs is 1. The first kappa shape index (κ1) is 26.9. The summed E-state index contributed by atoms with van der Waals surface area (Å²) in [6.07, 6.45) is 2.30. The molecule has 0 spiro atoms. The molecule has 0 aromatic heterocycles. The van der Waals surface area contributed by atoms with E-state index in [-0.39, 0.29) is 29.9 Å². The maximum Gasteiger partial charge on any atom is 0.224 e. The minimum Gasteiger partial charge on any atom is -0.492 e. The highest BCUT2D eigenvalue weighted by atomic mass is 127. The third-order valence-corrected chi connectivity index (χ3v) is 5.74. The molecule has 0 saturated heterocycles. The largest absolute Gasteiger partial charge is 0.492 e. The van der Waals surface area contributed by atoms with Crippen molar-refractivity contribution in [3.8, 4) is 5.75 Å². The number of hydrogen-bond acceptors (Lipinski definition) is 4. The number of nitrogens with one attached hydrogen (secondary N) is 3. The lowest BCUT2D eigenvalue weighted by atomic mass is 10.0. The predicted molar refractivity (Wildman–Crippen MR) is 146 cm³/mol. The quantitative estimate of drug-likeness (QED) is 0.178. The number of rotatable bonds is 10. The summed E-state index contributed by atoms with van der Waals surface area (Å²) in [4.78, 5) is 18.1. The van der Waals surface area contributed by atoms with Crippen molar-refractivity contribution in [2.24, 2.45) is 4.99 Å². The number of carbonyl (C=O) groups excluding carboxylic acids is 1. The Balaban J connectivity index is 0.00000385. The van der Waals surface area contributed by atoms with Gasteiger partial charge in [-0.1, -0.05) is 30.3 Å². The molecular formula is C25H36IN5O2. The summed E-state index contributed by atoms with van der Waals surface area (Å²) >= 11 is 0. The number of anilines is 1. The third kappa shape index (κ3) is 8.85. The van der Waals surface area contributed by atoms with Crippen molar-refractivity contribution in [1.29, 1.82) is 0 Å². The van der Waals surface area contributed by atoms with E-state index in [1.807, 2.05) is 24.3 Å². The number of ether oxygens (including phenoxy) is 1. The van der Waals surface area contributed by atoms with Crippen molar-refractivity contribution in [3.63, 3.8) is 0 Å². The lowest BCUT2D eigenvalue weighted by Crippen LogP contribution is -2.41. The third-order valence-electron chi connectivity index (χ3n) is 5.74. The molecular weight excluding hydrogens is 529 g/mol. The van der Waals surface area contributed by atoms with Crippen molar-refractivity contribution in [2.45, 2.75) is 38.8 Å². The van der Waals surface area contributed by atoms with Gasteiger partial charge in [-0.2, -0.15) is 0 Å². The molecule has 0 bridgehead atoms. The minimum atomic E-state index is 0. The molecule has 1 aliphatic rings. The normalized spacial score (nSPS) is 14.1. The topological polar surface area (TPSA) is 78.0 Å². The first-order valence-corrected chi connectivity index (χ1v) is 11.3. The molecule has 1 unspecified atom stereocenters. The van der Waals surface area contributed by atoms with Gasteiger partial charge in [0.25, 0.3) is 0 Å². The number of benzene rings is 2. The van der Waals surface area contributed by atoms with Gasteiger partial charge in [-0.15, -0.1) is 24.0 Å². The average Bonchev–Trinajstić information content (AvgIpc) is 2.81. The first-order chi connectivity index (χ1) is 15.5. The van der Waals surface area contributed by atoms with E-state index in [1.165, 1.54) is 5.56 Å². The minimum absolute atomic E-state index is 0. The zero-order valence-electron chi connectivity index (χ0n) is 19.8. The van der Waals surface area contributed by atoms with Gasteiger partial charge in [-0.05, 0) is 56.1 Å². The molecule has 3 N–H and O–H groups in total. The summed E-state index contributed by atoms with van der Waals surface area (Å²) in [7, 11) is 3.94. The molecule has 33 heavy (non-hydrogen) atoms. The van der Waals surface area contributed by atoms with Gasteiger partial charge in [0.15, 0.2) is 5.96 Å². The SMILES string of the molecule is CN=C(NCCOc1ccc2c(c1)CCC(=O)N2)NCCC(C)N(C)Cc1ccccc1.I. The van der Waals surface area contributed by atoms with Crippen LogP contribution >= 0.6 is 24.0 Å². The van der Waals surface area contributed by atoms with Crippen LogP contribution in [0.1, 0.15) is 30.9 Å². The molecule has 180 valence electrons. The maximum absolute atomic E-state index is 11.5. The highest BCUT2D eigenvalue weighted by Crippen LogP contribution is 2.26. The summed E-state index contributed by atoms with van der Waals surface area (Å²) in [6, 6.07) is 16.8. The Kier molecular flexibility index (Phi) is 11.5. The van der Waals surface area contributed by atoms with Crippen LogP contribution in [0.4, 0.5) is 5.69 Å². The smallest absolute Gasteiger partial charge is 0.224 e. The second-order valence-electron chi connectivity index (χ2n) is 8.18. The monoisotopic (exact) mass is 565 g/mol. The average molecular weight is 566 g/mol. The molecule has 1 amide bonds. The Morgan fingerprint density at radius 3 is 2.67 bits per heavy atom. The van der Waals surface area contributed by atoms with Crippen LogP contribution < -0.4 is 20.7 Å². The van der Waals surface area contributed by atoms with Crippen molar-refractivity contribution >= 4 is 41.5 Å². The molecule has 0 fully saturated rings. The number of halogens is 1. The fourth-order valence-electron chi connectivity index (χ4n) is 3.66. The van der Waals surface area contributed by atoms with Crippen LogP contribution in [0.2, 0.25) is 0 Å². The molecule has 1 aliphatic heterocycles. The van der Waals surface area contributed by atoms with Crippen molar-refractivity contribution in [3.05, 3.63) is 59.7 Å². The van der Waals surface area contributed by atoms with Gasteiger partial charge in [0.2, 0.25) is 5.91 Å². The Bertz CT molecular complexity index is 907. The van der Waals surface area contributed by atoms with Gasteiger partial charge in [-0.3, -0.25) is 14.7 Å². The van der Waals surface area contributed by atoms with Crippen LogP contribution in [-0.4, -0.2) is 56.6 Å². The van der Waals surface area contributed by atoms with E-state index in [4.69, 9.17) is 4.74 Å². The number of guanidine groups is 1. The van der Waals surface area contributed by atoms with E-state index >= 15 is 0 Å². The van der Waals surface area contributed by atoms with Gasteiger partial charge in [0, 0.05) is 38.3 Å². The number of aryl methyl sites for hydroxylation is 1. The summed E-state index contributed by atoms with van der Waals surface area (Å²) < 4.78 is 5.86. The zero-order valence-corrected chi connectivity index (χ0v) is 22.1. The van der Waals surface area contributed by atoms with Crippen LogP contribution in [0.5, 0.6) is 5.75 Å². The summed E-state index contributed by atoms with van der Waals surface area (Å²) in [5.74, 6) is 1.67. The summed E-state index contributed by atoms with van der Waals surface area (Å²) in [5.41, 5.74) is 3.34. The molecule has 7 nitrogen and oxygen atoms in total. The predicted octanol–water partition coefficient (Wildman–Crippen LogP) is 3.64. The van der Waals surface area contributed by atoms with Crippen LogP contribution in [0.3, 0.4) is 0 Å². The lowest BCUT2D eigenvalue weighted by Gasteiger charge is -2.25. The zero-order chi connectivity index (χ0) is 22.8. The fraction of sp³-hybridized carbons (Fsp3) is 0.440. The standard InChI is InChI=1S/C25H35N5O2.HI/c1-19(30(3)18-20-7-5-4-6-8-20)13-14-27-25(26-2)28-15-16-32-22-10-11-23-21(17-22)9-12-24(31)29-23;/h4-8,10-11,17,19H,9,12-16,18H2,1-3H3,(H,29,31)(H2,26,27,28);1H. The second kappa shape index (κ2) is 14.0. The Morgan fingerprint density at radius 2 is 1.91 bits per heavy atom. The number of aliphatic imine (C=N–C) groups is 1. The molecule has 2 aromatic rings. The van der Waals surface area contributed by atoms with E-state index < -0.39 is 0 Å². The van der Waals surface area contributed by atoms with Crippen LogP contribution in [0.15, 0.2) is 53.5 Å². The van der Waals surface area contributed by atoms with Crippen LogP contribution in [0.25, 0.3) is 0 Å². The maximum atomic E-state index is 11.5. The van der Waals surface area contributed by atoms with Gasteiger partial charge < -0.3 is 20.7 Å². The van der Waals surface area contributed by atoms with Gasteiger partial charge in [-0.25, -0.2) is 0 Å². The van der Waals surface area contributed by atoms with Crippen molar-refractivity contribution in [1.82, 2.24) is 15.5 Å². The fourth-order valence-corrected chi connectivity index (χ4v) is 3.66. The summed E-state index contributed by atoms with van der Waals surface area (Å²) in [6.45, 7) is 5.22. The van der Waals surface area contributed by atoms with Crippen LogP contribution in [0, 0.1) is 0 Å². The molecule has 0 aliphatic carbocycles. The van der Waals surface area contributed by atoms with Crippen molar-refractivity contribution in [2.75, 3.05) is 39.1 Å². The number of carbonyl (C=O) groups is 1. The van der Waals surface area contributed by atoms with E-state index in [9.17, 15) is 4.79 Å². The molecule has 2 aromatic carbocycles. The molecule has 1 heterocycles. The van der Waals surface area contributed by atoms with E-state index in [0.29, 0.717) is 25.6 Å². The van der Waals surface area contributed by atoms with E-state index in [0.717, 1.165) is 48.9 Å². The molecule has 1 atom stereocenters. The first-order valence-electron chi connectivity index (χ1n) is 11.3. The van der Waals surface area contributed by atoms with Gasteiger partial charge >= 0.3 is 0 Å². The Hall–Kier alpha value is -2.33. The Labute approximate surface area is 214 Å². The van der Waals surface area contributed by atoms with Gasteiger partial charge in [0.1, 0.15) is 12.4 Å². The highest BCUT2D eigenvalue weighted by Gasteiger charge is 2.15. The Morgan fingerprint density at radius 1 is 1.15 bits per heavy atom. The highest BCUT2D eigenvalue weighted by molar-refractivity contribution is 14.0. The van der Waals surface area contributed by atoms with Crippen molar-refractivity contribution < 1.29 is 9.53 Å². The number of amides is 1. The molecule has 8 heteroatoms.